The van der Waals surface area contributed by atoms with Gasteiger partial charge in [-0.05, 0) is 12.8 Å². The number of hydrogen-bond acceptors (Lipinski definition) is 6. The average molecular weight is 1130 g/mol. The van der Waals surface area contributed by atoms with Gasteiger partial charge in [0.1, 0.15) is 13.2 Å². The fourth-order valence-corrected chi connectivity index (χ4v) is 12.1. The minimum Gasteiger partial charge on any atom is -0.756 e. The molecule has 0 spiro atoms. The molecule has 0 aliphatic heterocycles. The first kappa shape index (κ1) is 77.5. The molecule has 0 aliphatic rings. The van der Waals surface area contributed by atoms with Crippen LogP contribution in [0.5, 0.6) is 0 Å². The number of phosphoric ester groups is 1. The second-order valence-electron chi connectivity index (χ2n) is 26.0. The van der Waals surface area contributed by atoms with E-state index in [-0.39, 0.29) is 19.1 Å². The minimum absolute atomic E-state index is 0.0169. The molecule has 0 saturated heterocycles. The Labute approximate surface area is 489 Å². The zero-order chi connectivity index (χ0) is 57.0. The van der Waals surface area contributed by atoms with Crippen LogP contribution in [0, 0.1) is 0 Å². The standard InChI is InChI=1S/C69H141N2O6P/c1-6-8-10-12-14-16-18-20-22-24-26-27-28-29-30-31-32-33-34-35-36-37-38-39-40-41-42-43-45-47-49-51-53-55-57-59-61-63-69(73)70-67(66-77-78(74,75)76-65-64-71(3,4)5)68(72)62-60-58-56-54-52-50-48-46-44-25-23-21-19-17-15-13-11-9-7-2/h67-68,72H,6-66H2,1-5H3,(H-,70,73,74,75). The molecule has 8 nitrogen and oxygen atoms in total. The molecule has 0 aromatic carbocycles. The van der Waals surface area contributed by atoms with Crippen molar-refractivity contribution in [3.63, 3.8) is 0 Å². The highest BCUT2D eigenvalue weighted by molar-refractivity contribution is 7.45. The number of hydrogen-bond donors (Lipinski definition) is 2. The lowest BCUT2D eigenvalue weighted by atomic mass is 10.0. The van der Waals surface area contributed by atoms with Crippen molar-refractivity contribution in [2.24, 2.45) is 0 Å². The Balaban J connectivity index is 3.88. The van der Waals surface area contributed by atoms with E-state index in [9.17, 15) is 19.4 Å². The van der Waals surface area contributed by atoms with Gasteiger partial charge in [-0.3, -0.25) is 9.36 Å². The third-order valence-electron chi connectivity index (χ3n) is 16.8. The van der Waals surface area contributed by atoms with Gasteiger partial charge in [-0.2, -0.15) is 0 Å². The molecule has 3 atom stereocenters. The largest absolute Gasteiger partial charge is 0.756 e. The van der Waals surface area contributed by atoms with E-state index in [1.165, 1.54) is 321 Å². The molecule has 0 fully saturated rings. The molecule has 0 aliphatic carbocycles. The van der Waals surface area contributed by atoms with Crippen molar-refractivity contribution in [1.29, 1.82) is 0 Å². The summed E-state index contributed by atoms with van der Waals surface area (Å²) in [4.78, 5) is 25.6. The normalized spacial score (nSPS) is 13.6. The Morgan fingerprint density at radius 2 is 0.628 bits per heavy atom. The summed E-state index contributed by atoms with van der Waals surface area (Å²) in [6, 6.07) is -0.796. The topological polar surface area (TPSA) is 108 Å². The molecule has 1 amide bonds. The second-order valence-corrected chi connectivity index (χ2v) is 27.4. The first-order valence-electron chi connectivity index (χ1n) is 35.4. The van der Waals surface area contributed by atoms with Crippen LogP contribution in [-0.4, -0.2) is 68.5 Å². The van der Waals surface area contributed by atoms with Crippen molar-refractivity contribution in [3.8, 4) is 0 Å². The first-order valence-corrected chi connectivity index (χ1v) is 36.8. The first-order chi connectivity index (χ1) is 38.0. The Kier molecular flexibility index (Phi) is 60.7. The summed E-state index contributed by atoms with van der Waals surface area (Å²) in [5, 5.41) is 14.1. The summed E-state index contributed by atoms with van der Waals surface area (Å²) in [5.41, 5.74) is 0. The summed E-state index contributed by atoms with van der Waals surface area (Å²) in [7, 11) is 1.33. The molecule has 3 unspecified atom stereocenters. The van der Waals surface area contributed by atoms with Crippen molar-refractivity contribution < 1.29 is 32.9 Å². The van der Waals surface area contributed by atoms with Crippen LogP contribution in [-0.2, 0) is 18.4 Å². The van der Waals surface area contributed by atoms with Crippen LogP contribution in [0.1, 0.15) is 386 Å². The fourth-order valence-electron chi connectivity index (χ4n) is 11.3. The number of amides is 1. The zero-order valence-corrected chi connectivity index (χ0v) is 54.6. The van der Waals surface area contributed by atoms with E-state index in [0.29, 0.717) is 23.9 Å². The van der Waals surface area contributed by atoms with Crippen LogP contribution in [0.3, 0.4) is 0 Å². The molecular formula is C69H141N2O6P. The Morgan fingerprint density at radius 1 is 0.397 bits per heavy atom. The summed E-state index contributed by atoms with van der Waals surface area (Å²) >= 11 is 0. The van der Waals surface area contributed by atoms with E-state index in [0.717, 1.165) is 38.5 Å². The van der Waals surface area contributed by atoms with Gasteiger partial charge in [0.05, 0.1) is 39.9 Å². The number of nitrogens with one attached hydrogen (secondary N) is 1. The summed E-state index contributed by atoms with van der Waals surface area (Å²) < 4.78 is 23.5. The maximum Gasteiger partial charge on any atom is 0.268 e. The number of phosphoric acid groups is 1. The predicted molar refractivity (Wildman–Crippen MR) is 339 cm³/mol. The van der Waals surface area contributed by atoms with Crippen molar-refractivity contribution in [3.05, 3.63) is 0 Å². The van der Waals surface area contributed by atoms with E-state index >= 15 is 0 Å². The zero-order valence-electron chi connectivity index (χ0n) is 53.7. The van der Waals surface area contributed by atoms with Gasteiger partial charge in [-0.15, -0.1) is 0 Å². The number of carbonyl (C=O) groups is 1. The number of aliphatic hydroxyl groups excluding tert-OH is 1. The van der Waals surface area contributed by atoms with Crippen LogP contribution >= 0.6 is 7.82 Å². The lowest BCUT2D eigenvalue weighted by Crippen LogP contribution is -2.46. The Hall–Kier alpha value is -0.500. The number of quaternary nitrogens is 1. The van der Waals surface area contributed by atoms with Crippen molar-refractivity contribution in [1.82, 2.24) is 5.32 Å². The van der Waals surface area contributed by atoms with E-state index in [1.807, 2.05) is 21.1 Å². The van der Waals surface area contributed by atoms with Gasteiger partial charge >= 0.3 is 0 Å². The van der Waals surface area contributed by atoms with Crippen molar-refractivity contribution in [2.75, 3.05) is 40.9 Å². The average Bonchev–Trinajstić information content (AvgIpc) is 3.41. The van der Waals surface area contributed by atoms with Gasteiger partial charge in [0.15, 0.2) is 0 Å². The molecular weight excluding hydrogens is 984 g/mol. The molecule has 0 aromatic rings. The monoisotopic (exact) mass is 1130 g/mol. The van der Waals surface area contributed by atoms with Crippen molar-refractivity contribution in [2.45, 2.75) is 398 Å². The highest BCUT2D eigenvalue weighted by Crippen LogP contribution is 2.38. The van der Waals surface area contributed by atoms with Gasteiger partial charge < -0.3 is 28.8 Å². The lowest BCUT2D eigenvalue weighted by Gasteiger charge is -2.30. The van der Waals surface area contributed by atoms with E-state index < -0.39 is 20.0 Å². The van der Waals surface area contributed by atoms with Gasteiger partial charge in [0, 0.05) is 6.42 Å². The number of carbonyl (C=O) groups excluding carboxylic acids is 1. The summed E-state index contributed by atoms with van der Waals surface area (Å²) in [5.74, 6) is -0.154. The predicted octanol–water partition coefficient (Wildman–Crippen LogP) is 21.7. The van der Waals surface area contributed by atoms with E-state index in [2.05, 4.69) is 19.2 Å². The molecule has 0 bridgehead atoms. The highest BCUT2D eigenvalue weighted by atomic mass is 31.2. The van der Waals surface area contributed by atoms with Gasteiger partial charge in [-0.1, -0.05) is 367 Å². The molecule has 468 valence electrons. The molecule has 0 radical (unpaired) electrons. The Bertz CT molecular complexity index is 1230. The molecule has 0 rings (SSSR count). The van der Waals surface area contributed by atoms with Gasteiger partial charge in [0.2, 0.25) is 5.91 Å². The van der Waals surface area contributed by atoms with E-state index in [1.54, 1.807) is 0 Å². The molecule has 0 saturated carbocycles. The van der Waals surface area contributed by atoms with E-state index in [4.69, 9.17) is 9.05 Å². The van der Waals surface area contributed by atoms with Gasteiger partial charge in [-0.25, -0.2) is 0 Å². The molecule has 78 heavy (non-hydrogen) atoms. The van der Waals surface area contributed by atoms with Crippen LogP contribution in [0.25, 0.3) is 0 Å². The van der Waals surface area contributed by atoms with Gasteiger partial charge in [0.25, 0.3) is 7.82 Å². The third-order valence-corrected chi connectivity index (χ3v) is 17.8. The second kappa shape index (κ2) is 61.1. The SMILES string of the molecule is CCCCCCCCCCCCCCCCCCCCCCCCCCCCCCCCCCCCCCCC(=O)NC(COP(=O)([O-])OCC[N+](C)(C)C)C(O)CCCCCCCCCCCCCCCCCCCCC. The van der Waals surface area contributed by atoms with Crippen LogP contribution in [0.4, 0.5) is 0 Å². The Morgan fingerprint density at radius 3 is 0.872 bits per heavy atom. The lowest BCUT2D eigenvalue weighted by molar-refractivity contribution is -0.870. The highest BCUT2D eigenvalue weighted by Gasteiger charge is 2.24. The molecule has 2 N–H and O–H groups in total. The van der Waals surface area contributed by atoms with Crippen LogP contribution in [0.15, 0.2) is 0 Å². The molecule has 0 heterocycles. The minimum atomic E-state index is -4.57. The number of rotatable bonds is 67. The number of unbranched alkanes of at least 4 members (excludes halogenated alkanes) is 54. The maximum absolute atomic E-state index is 13.0. The number of likely N-dealkylation sites (N-methyl/N-ethyl adjacent to an activating group) is 1. The summed E-state index contributed by atoms with van der Waals surface area (Å²) in [6.07, 6.45) is 76.2. The molecule has 0 aromatic heterocycles. The number of aliphatic hydroxyl groups is 1. The maximum atomic E-state index is 13.0. The third kappa shape index (κ3) is 63.1. The summed E-state index contributed by atoms with van der Waals surface area (Å²) in [6.45, 7) is 4.79. The quantitative estimate of drug-likeness (QED) is 0.0357. The molecule has 9 heteroatoms. The fraction of sp³-hybridized carbons (Fsp3) is 0.986. The number of nitrogens with zero attached hydrogens (tertiary/aromatic N) is 1. The van der Waals surface area contributed by atoms with Crippen LogP contribution < -0.4 is 10.2 Å². The smallest absolute Gasteiger partial charge is 0.268 e. The van der Waals surface area contributed by atoms with Crippen LogP contribution in [0.2, 0.25) is 0 Å². The van der Waals surface area contributed by atoms with Crippen molar-refractivity contribution >= 4 is 13.7 Å².